The molecule has 8 nitrogen and oxygen atoms in total. The van der Waals surface area contributed by atoms with E-state index in [2.05, 4.69) is 209 Å². The molecule has 0 atom stereocenters. The molecular formula is C54H68N8+2. The van der Waals surface area contributed by atoms with Crippen LogP contribution in [-0.4, -0.2) is 71.0 Å². The number of rotatable bonds is 17. The highest BCUT2D eigenvalue weighted by molar-refractivity contribution is 6.00. The van der Waals surface area contributed by atoms with Crippen molar-refractivity contribution in [2.75, 3.05) is 70.1 Å². The third-order valence-electron chi connectivity index (χ3n) is 12.5. The molecule has 1 aliphatic rings. The number of likely N-dealkylation sites (N-methyl/N-ethyl adjacent to an activating group) is 1. The summed E-state index contributed by atoms with van der Waals surface area (Å²) in [7, 11) is 12.9. The molecule has 6 aromatic rings. The molecule has 1 aromatic heterocycles. The first-order valence-corrected chi connectivity index (χ1v) is 22.5. The fraction of sp³-hybridized carbons (Fsp3) is 0.352. The second kappa shape index (κ2) is 19.8. The van der Waals surface area contributed by atoms with Gasteiger partial charge in [-0.25, -0.2) is 9.98 Å². The first-order valence-electron chi connectivity index (χ1n) is 22.5. The number of nitrogens with two attached hydrogens (primary N) is 1. The first-order chi connectivity index (χ1) is 29.9. The van der Waals surface area contributed by atoms with Crippen molar-refractivity contribution in [3.05, 3.63) is 137 Å². The fourth-order valence-corrected chi connectivity index (χ4v) is 9.17. The summed E-state index contributed by atoms with van der Waals surface area (Å²) >= 11 is 0. The number of aromatic nitrogens is 2. The minimum Gasteiger partial charge on any atom is -0.377 e. The molecule has 0 saturated heterocycles. The van der Waals surface area contributed by atoms with Gasteiger partial charge in [0.15, 0.2) is 5.69 Å². The zero-order valence-corrected chi connectivity index (χ0v) is 39.0. The molecule has 1 aliphatic carbocycles. The van der Waals surface area contributed by atoms with Gasteiger partial charge in [-0.2, -0.15) is 0 Å². The highest BCUT2D eigenvalue weighted by Crippen LogP contribution is 2.33. The van der Waals surface area contributed by atoms with Gasteiger partial charge in [0.05, 0.1) is 0 Å². The molecule has 7 rings (SSSR count). The van der Waals surface area contributed by atoms with Crippen LogP contribution in [0.15, 0.2) is 125 Å². The standard InChI is InChI=1S/C54H67N8/c1-38-33-43(56-46-34-39(2)51(58(5)6)36-47(46)55-42-23-17-15-18-24-42)27-29-49(38)60(9)31-21-13-11-12-14-22-32-61(10)50-30-28-45-54(41(50)4)62(44-25-19-16-20-26-44)53-37-52(59(7)8)40(3)35-48(53)57-45/h15-20,23-30,34-37,55H,11-14,21-22,31-33H2,1-10H3/q+1/p+1. The smallest absolute Gasteiger partial charge is 0.242 e. The lowest BCUT2D eigenvalue weighted by Crippen LogP contribution is -2.71. The number of anilines is 3. The summed E-state index contributed by atoms with van der Waals surface area (Å²) in [4.78, 5) is 19.7. The monoisotopic (exact) mass is 829 g/mol. The van der Waals surface area contributed by atoms with Gasteiger partial charge in [-0.1, -0.05) is 62.1 Å². The van der Waals surface area contributed by atoms with Crippen LogP contribution < -0.4 is 24.6 Å². The Hall–Kier alpha value is -5.99. The van der Waals surface area contributed by atoms with E-state index < -0.39 is 0 Å². The third kappa shape index (κ3) is 10.0. The Balaban J connectivity index is 0.915. The highest BCUT2D eigenvalue weighted by atomic mass is 15.1. The summed E-state index contributed by atoms with van der Waals surface area (Å²) in [5.74, 6) is 0. The van der Waals surface area contributed by atoms with E-state index in [0.717, 1.165) is 58.8 Å². The molecule has 8 heteroatoms. The molecule has 5 aromatic carbocycles. The van der Waals surface area contributed by atoms with Crippen molar-refractivity contribution in [2.45, 2.75) is 72.6 Å². The average molecular weight is 829 g/mol. The second-order valence-corrected chi connectivity index (χ2v) is 17.8. The van der Waals surface area contributed by atoms with Crippen LogP contribution in [-0.2, 0) is 0 Å². The van der Waals surface area contributed by atoms with Gasteiger partial charge >= 0.3 is 0 Å². The van der Waals surface area contributed by atoms with Crippen molar-refractivity contribution in [3.63, 3.8) is 0 Å². The van der Waals surface area contributed by atoms with Crippen LogP contribution in [0.1, 0.15) is 68.6 Å². The van der Waals surface area contributed by atoms with E-state index in [9.17, 15) is 0 Å². The fourth-order valence-electron chi connectivity index (χ4n) is 9.17. The second-order valence-electron chi connectivity index (χ2n) is 17.8. The lowest BCUT2D eigenvalue weighted by Gasteiger charge is -2.25. The van der Waals surface area contributed by atoms with Crippen LogP contribution >= 0.6 is 0 Å². The van der Waals surface area contributed by atoms with Gasteiger partial charge in [0.2, 0.25) is 16.7 Å². The lowest BCUT2D eigenvalue weighted by atomic mass is 10.0. The summed E-state index contributed by atoms with van der Waals surface area (Å²) in [5, 5.41) is 2.24. The number of aliphatic imine (C=N–C) groups is 1. The third-order valence-corrected chi connectivity index (χ3v) is 12.5. The number of nitrogens with zero attached hydrogens (tertiary/aromatic N) is 7. The molecule has 1 heterocycles. The van der Waals surface area contributed by atoms with Crippen molar-refractivity contribution < 1.29 is 9.88 Å². The van der Waals surface area contributed by atoms with Crippen molar-refractivity contribution in [2.24, 2.45) is 4.99 Å². The van der Waals surface area contributed by atoms with E-state index in [1.807, 2.05) is 0 Å². The maximum Gasteiger partial charge on any atom is 0.242 e. The molecule has 62 heavy (non-hydrogen) atoms. The van der Waals surface area contributed by atoms with E-state index in [1.165, 1.54) is 94.8 Å². The van der Waals surface area contributed by atoms with Crippen LogP contribution in [0.3, 0.4) is 0 Å². The summed E-state index contributed by atoms with van der Waals surface area (Å²) in [5.41, 5.74) is 20.0. The maximum absolute atomic E-state index is 5.23. The van der Waals surface area contributed by atoms with Gasteiger partial charge in [-0.3, -0.25) is 5.32 Å². The number of allylic oxidation sites excluding steroid dienone is 3. The first kappa shape index (κ1) is 44.1. The van der Waals surface area contributed by atoms with Crippen molar-refractivity contribution in [1.29, 1.82) is 0 Å². The van der Waals surface area contributed by atoms with E-state index in [1.54, 1.807) is 0 Å². The predicted octanol–water partition coefficient (Wildman–Crippen LogP) is 11.0. The van der Waals surface area contributed by atoms with E-state index >= 15 is 0 Å². The molecule has 0 bridgehead atoms. The lowest BCUT2D eigenvalue weighted by molar-refractivity contribution is -0.538. The molecule has 0 radical (unpaired) electrons. The van der Waals surface area contributed by atoms with Crippen LogP contribution in [0.5, 0.6) is 0 Å². The normalized spacial score (nSPS) is 13.4. The Kier molecular flexibility index (Phi) is 14.1. The Bertz CT molecular complexity index is 2610. The largest absolute Gasteiger partial charge is 0.377 e. The number of fused-ring (bicyclic) bond motifs is 2. The summed E-state index contributed by atoms with van der Waals surface area (Å²) < 4.78 is 2.41. The van der Waals surface area contributed by atoms with E-state index in [4.69, 9.17) is 9.98 Å². The maximum atomic E-state index is 5.23. The number of hydrogen-bond donors (Lipinski definition) is 1. The van der Waals surface area contributed by atoms with E-state index in [-0.39, 0.29) is 0 Å². The minimum absolute atomic E-state index is 0.862. The predicted molar refractivity (Wildman–Crippen MR) is 265 cm³/mol. The highest BCUT2D eigenvalue weighted by Gasteiger charge is 2.25. The summed E-state index contributed by atoms with van der Waals surface area (Å²) in [6, 6.07) is 34.8. The van der Waals surface area contributed by atoms with Crippen molar-refractivity contribution >= 4 is 61.9 Å². The molecule has 0 aliphatic heterocycles. The quantitative estimate of drug-likeness (QED) is 0.0430. The van der Waals surface area contributed by atoms with Crippen LogP contribution in [0.2, 0.25) is 0 Å². The minimum atomic E-state index is 0.862. The van der Waals surface area contributed by atoms with Gasteiger partial charge in [0.1, 0.15) is 22.4 Å². The molecule has 0 fully saturated rings. The van der Waals surface area contributed by atoms with Crippen LogP contribution in [0, 0.1) is 20.8 Å². The number of aryl methyl sites for hydroxylation is 3. The SMILES string of the molecule is CC1=C(N(C)CCCCCCCCN(C)c2ccc3nc4cc(C)c(N(C)C)cc4[n+](-c4ccccc4)c3c2C)C=CC(=Nc2cc(C)c(N(C)C)cc2[NH2+]c2ccccc2)C1. The van der Waals surface area contributed by atoms with Crippen molar-refractivity contribution in [1.82, 2.24) is 9.88 Å². The average Bonchev–Trinajstić information content (AvgIpc) is 3.25. The molecule has 0 spiro atoms. The molecule has 322 valence electrons. The summed E-state index contributed by atoms with van der Waals surface area (Å²) in [6.07, 6.45) is 12.8. The Morgan fingerprint density at radius 1 is 0.613 bits per heavy atom. The van der Waals surface area contributed by atoms with Crippen LogP contribution in [0.4, 0.5) is 34.1 Å². The van der Waals surface area contributed by atoms with Crippen LogP contribution in [0.25, 0.3) is 27.8 Å². The van der Waals surface area contributed by atoms with E-state index in [0.29, 0.717) is 0 Å². The molecule has 0 unspecified atom stereocenters. The Labute approximate surface area is 370 Å². The molecule has 0 amide bonds. The number of para-hydroxylation sites is 2. The Morgan fingerprint density at radius 2 is 1.23 bits per heavy atom. The topological polar surface area (TPSA) is 58.7 Å². The zero-order chi connectivity index (χ0) is 43.9. The number of benzene rings is 5. The van der Waals surface area contributed by atoms with Gasteiger partial charge in [0, 0.05) is 120 Å². The molecule has 2 N–H and O–H groups in total. The van der Waals surface area contributed by atoms with Gasteiger partial charge in [-0.15, -0.1) is 4.57 Å². The number of quaternary nitrogens is 1. The zero-order valence-electron chi connectivity index (χ0n) is 39.0. The van der Waals surface area contributed by atoms with Gasteiger partial charge in [-0.05, 0) is 106 Å². The Morgan fingerprint density at radius 3 is 1.89 bits per heavy atom. The molecular weight excluding hydrogens is 761 g/mol. The van der Waals surface area contributed by atoms with Gasteiger partial charge < -0.3 is 19.6 Å². The van der Waals surface area contributed by atoms with Gasteiger partial charge in [0.25, 0.3) is 0 Å². The molecule has 0 saturated carbocycles. The number of hydrogen-bond acceptors (Lipinski definition) is 6. The summed E-state index contributed by atoms with van der Waals surface area (Å²) in [6.45, 7) is 11.0. The van der Waals surface area contributed by atoms with Crippen molar-refractivity contribution in [3.8, 4) is 5.69 Å². The number of unbranched alkanes of at least 4 members (excludes halogenated alkanes) is 5.